The second-order valence-corrected chi connectivity index (χ2v) is 2.45. The van der Waals surface area contributed by atoms with Gasteiger partial charge in [-0.05, 0) is 6.92 Å². The van der Waals surface area contributed by atoms with Crippen molar-refractivity contribution in [3.05, 3.63) is 21.5 Å². The summed E-state index contributed by atoms with van der Waals surface area (Å²) >= 11 is 0. The third-order valence-corrected chi connectivity index (χ3v) is 1.57. The molecule has 0 spiro atoms. The first-order chi connectivity index (χ1) is 5.95. The standard InChI is InChI=1S/C6H7N3O4/c1-3-4(9(12)13)5(6(10)11)8(2)7-3/h1-2H3,(H,10,11)/p-1. The summed E-state index contributed by atoms with van der Waals surface area (Å²) in [4.78, 5) is 20.1. The SMILES string of the molecule is Cc1nn(C)c(C(=O)[O-])c1[N+](=O)[O-]. The summed E-state index contributed by atoms with van der Waals surface area (Å²) in [6, 6.07) is 0. The van der Waals surface area contributed by atoms with Gasteiger partial charge in [-0.1, -0.05) is 0 Å². The Labute approximate surface area is 72.7 Å². The molecule has 0 unspecified atom stereocenters. The molecule has 0 aliphatic heterocycles. The molecule has 70 valence electrons. The monoisotopic (exact) mass is 184 g/mol. The van der Waals surface area contributed by atoms with E-state index >= 15 is 0 Å². The number of carbonyl (C=O) groups is 1. The molecule has 0 fully saturated rings. The zero-order valence-corrected chi connectivity index (χ0v) is 6.97. The maximum Gasteiger partial charge on any atom is 0.319 e. The third-order valence-electron chi connectivity index (χ3n) is 1.57. The van der Waals surface area contributed by atoms with Crippen molar-refractivity contribution < 1.29 is 14.8 Å². The van der Waals surface area contributed by atoms with E-state index in [9.17, 15) is 20.0 Å². The van der Waals surface area contributed by atoms with Gasteiger partial charge in [-0.2, -0.15) is 5.10 Å². The minimum atomic E-state index is -1.60. The minimum Gasteiger partial charge on any atom is -0.543 e. The summed E-state index contributed by atoms with van der Waals surface area (Å²) in [6.45, 7) is 1.37. The Hall–Kier alpha value is -1.92. The Morgan fingerprint density at radius 1 is 1.62 bits per heavy atom. The van der Waals surface area contributed by atoms with Gasteiger partial charge in [-0.25, -0.2) is 0 Å². The first-order valence-corrected chi connectivity index (χ1v) is 3.34. The van der Waals surface area contributed by atoms with E-state index in [-0.39, 0.29) is 5.69 Å². The van der Waals surface area contributed by atoms with Gasteiger partial charge in [0.05, 0.1) is 10.9 Å². The predicted molar refractivity (Wildman–Crippen MR) is 38.9 cm³/mol. The van der Waals surface area contributed by atoms with Crippen LogP contribution in [-0.2, 0) is 7.05 Å². The lowest BCUT2D eigenvalue weighted by molar-refractivity contribution is -0.386. The second-order valence-electron chi connectivity index (χ2n) is 2.45. The van der Waals surface area contributed by atoms with E-state index in [1.807, 2.05) is 0 Å². The van der Waals surface area contributed by atoms with Crippen LogP contribution in [0, 0.1) is 17.0 Å². The van der Waals surface area contributed by atoms with Crippen LogP contribution in [0.25, 0.3) is 0 Å². The highest BCUT2D eigenvalue weighted by Gasteiger charge is 2.24. The summed E-state index contributed by atoms with van der Waals surface area (Å²) in [6.07, 6.45) is 0. The summed E-state index contributed by atoms with van der Waals surface area (Å²) < 4.78 is 0.919. The van der Waals surface area contributed by atoms with E-state index in [4.69, 9.17) is 0 Å². The maximum atomic E-state index is 10.5. The highest BCUT2D eigenvalue weighted by atomic mass is 16.6. The molecule has 0 aliphatic carbocycles. The van der Waals surface area contributed by atoms with Crippen LogP contribution in [0.1, 0.15) is 16.2 Å². The number of rotatable bonds is 2. The number of hydrogen-bond acceptors (Lipinski definition) is 5. The largest absolute Gasteiger partial charge is 0.543 e. The highest BCUT2D eigenvalue weighted by Crippen LogP contribution is 2.20. The van der Waals surface area contributed by atoms with Crippen molar-refractivity contribution in [2.24, 2.45) is 7.05 Å². The zero-order valence-electron chi connectivity index (χ0n) is 6.97. The van der Waals surface area contributed by atoms with Gasteiger partial charge < -0.3 is 9.90 Å². The number of carboxylic acids is 1. The first kappa shape index (κ1) is 9.17. The van der Waals surface area contributed by atoms with Gasteiger partial charge in [-0.15, -0.1) is 0 Å². The Balaban J connectivity index is 3.47. The maximum absolute atomic E-state index is 10.5. The molecule has 0 amide bonds. The number of aromatic nitrogens is 2. The number of carboxylic acid groups (broad SMARTS) is 1. The molecular weight excluding hydrogens is 178 g/mol. The molecule has 1 aromatic heterocycles. The highest BCUT2D eigenvalue weighted by molar-refractivity contribution is 5.89. The van der Waals surface area contributed by atoms with Gasteiger partial charge in [-0.3, -0.25) is 14.8 Å². The quantitative estimate of drug-likeness (QED) is 0.433. The Bertz CT molecular complexity index is 347. The van der Waals surface area contributed by atoms with Crippen LogP contribution in [0.4, 0.5) is 5.69 Å². The lowest BCUT2D eigenvalue weighted by atomic mass is 10.3. The molecule has 1 aromatic rings. The van der Waals surface area contributed by atoms with E-state index in [1.54, 1.807) is 0 Å². The fraction of sp³-hybridized carbons (Fsp3) is 0.333. The number of nitro groups is 1. The van der Waals surface area contributed by atoms with Gasteiger partial charge in [0.1, 0.15) is 5.69 Å². The third kappa shape index (κ3) is 1.35. The van der Waals surface area contributed by atoms with E-state index in [0.717, 1.165) is 4.68 Å². The van der Waals surface area contributed by atoms with Crippen LogP contribution in [0.5, 0.6) is 0 Å². The van der Waals surface area contributed by atoms with E-state index in [0.29, 0.717) is 0 Å². The molecule has 1 heterocycles. The first-order valence-electron chi connectivity index (χ1n) is 3.34. The number of nitrogens with zero attached hydrogens (tertiary/aromatic N) is 3. The molecule has 0 N–H and O–H groups in total. The van der Waals surface area contributed by atoms with Gasteiger partial charge >= 0.3 is 5.69 Å². The predicted octanol–water partition coefficient (Wildman–Crippen LogP) is -1.000. The van der Waals surface area contributed by atoms with Crippen LogP contribution in [0.2, 0.25) is 0 Å². The fourth-order valence-electron chi connectivity index (χ4n) is 1.09. The normalized spacial score (nSPS) is 10.0. The molecule has 0 bridgehead atoms. The average molecular weight is 184 g/mol. The molecule has 0 saturated heterocycles. The van der Waals surface area contributed by atoms with Crippen LogP contribution in [0.3, 0.4) is 0 Å². The summed E-state index contributed by atoms with van der Waals surface area (Å²) in [5.41, 5.74) is -0.961. The molecule has 0 aromatic carbocycles. The molecule has 0 aliphatic rings. The topological polar surface area (TPSA) is 101 Å². The van der Waals surface area contributed by atoms with Crippen molar-refractivity contribution in [3.63, 3.8) is 0 Å². The molecule has 0 saturated carbocycles. The van der Waals surface area contributed by atoms with Crippen LogP contribution in [0.15, 0.2) is 0 Å². The molecule has 1 rings (SSSR count). The summed E-state index contributed by atoms with van der Waals surface area (Å²) in [5.74, 6) is -1.60. The van der Waals surface area contributed by atoms with Crippen LogP contribution in [-0.4, -0.2) is 20.7 Å². The van der Waals surface area contributed by atoms with Crippen molar-refractivity contribution in [3.8, 4) is 0 Å². The smallest absolute Gasteiger partial charge is 0.319 e. The van der Waals surface area contributed by atoms with Gasteiger partial charge in [0, 0.05) is 7.05 Å². The van der Waals surface area contributed by atoms with Crippen molar-refractivity contribution in [2.75, 3.05) is 0 Å². The van der Waals surface area contributed by atoms with Gasteiger partial charge in [0.2, 0.25) is 0 Å². The molecule has 0 atom stereocenters. The van der Waals surface area contributed by atoms with Crippen LogP contribution < -0.4 is 5.11 Å². The van der Waals surface area contributed by atoms with Gasteiger partial charge in [0.15, 0.2) is 5.69 Å². The van der Waals surface area contributed by atoms with Crippen molar-refractivity contribution in [1.82, 2.24) is 9.78 Å². The van der Waals surface area contributed by atoms with Crippen molar-refractivity contribution in [2.45, 2.75) is 6.92 Å². The Kier molecular flexibility index (Phi) is 2.01. The van der Waals surface area contributed by atoms with E-state index in [2.05, 4.69) is 5.10 Å². The molecule has 7 nitrogen and oxygen atoms in total. The lowest BCUT2D eigenvalue weighted by Crippen LogP contribution is -2.26. The Morgan fingerprint density at radius 3 is 2.46 bits per heavy atom. The second kappa shape index (κ2) is 2.85. The molecular formula is C6H6N3O4-. The summed E-state index contributed by atoms with van der Waals surface area (Å²) in [5, 5.41) is 24.5. The number of hydrogen-bond donors (Lipinski definition) is 0. The van der Waals surface area contributed by atoms with Gasteiger partial charge in [0.25, 0.3) is 0 Å². The fourth-order valence-corrected chi connectivity index (χ4v) is 1.09. The molecule has 13 heavy (non-hydrogen) atoms. The average Bonchev–Trinajstić information content (AvgIpc) is 2.24. The number of aromatic carboxylic acids is 1. The lowest BCUT2D eigenvalue weighted by Gasteiger charge is -2.00. The van der Waals surface area contributed by atoms with Crippen molar-refractivity contribution >= 4 is 11.7 Å². The molecule has 0 radical (unpaired) electrons. The van der Waals surface area contributed by atoms with Crippen LogP contribution >= 0.6 is 0 Å². The van der Waals surface area contributed by atoms with E-state index in [1.165, 1.54) is 14.0 Å². The zero-order chi connectivity index (χ0) is 10.2. The minimum absolute atomic E-state index is 0.0618. The molecule has 7 heteroatoms. The number of carbonyl (C=O) groups excluding carboxylic acids is 1. The van der Waals surface area contributed by atoms with Crippen molar-refractivity contribution in [1.29, 1.82) is 0 Å². The Morgan fingerprint density at radius 2 is 2.15 bits per heavy atom. The number of aryl methyl sites for hydroxylation is 2. The summed E-state index contributed by atoms with van der Waals surface area (Å²) in [7, 11) is 1.31. The van der Waals surface area contributed by atoms with E-state index < -0.39 is 22.3 Å².